The maximum atomic E-state index is 12.8. The molecule has 0 spiro atoms. The van der Waals surface area contributed by atoms with Crippen molar-refractivity contribution in [3.8, 4) is 0 Å². The maximum Gasteiger partial charge on any atom is 0.244 e. The molecule has 2 heterocycles. The Labute approximate surface area is 151 Å². The lowest BCUT2D eigenvalue weighted by Gasteiger charge is -2.35. The van der Waals surface area contributed by atoms with Crippen molar-refractivity contribution in [1.29, 1.82) is 0 Å². The Balaban J connectivity index is 1.69. The quantitative estimate of drug-likeness (QED) is 0.848. The summed E-state index contributed by atoms with van der Waals surface area (Å²) in [5, 5.41) is 3.42. The van der Waals surface area contributed by atoms with Crippen LogP contribution in [0.2, 0.25) is 10.0 Å². The first kappa shape index (κ1) is 17.9. The second-order valence-electron chi connectivity index (χ2n) is 5.93. The molecule has 2 saturated heterocycles. The predicted octanol–water partition coefficient (Wildman–Crippen LogP) is 1.58. The summed E-state index contributed by atoms with van der Waals surface area (Å²) < 4.78 is 26.9. The van der Waals surface area contributed by atoms with Gasteiger partial charge in [0.2, 0.25) is 15.9 Å². The molecule has 0 saturated carbocycles. The van der Waals surface area contributed by atoms with Crippen LogP contribution >= 0.6 is 23.2 Å². The average Bonchev–Trinajstić information content (AvgIpc) is 3.11. The Morgan fingerprint density at radius 1 is 1.17 bits per heavy atom. The van der Waals surface area contributed by atoms with E-state index in [9.17, 15) is 13.2 Å². The summed E-state index contributed by atoms with van der Waals surface area (Å²) in [6.07, 6.45) is 1.84. The van der Waals surface area contributed by atoms with E-state index in [-0.39, 0.29) is 40.0 Å². The molecule has 0 bridgehead atoms. The summed E-state index contributed by atoms with van der Waals surface area (Å²) in [6, 6.07) is 4.43. The molecule has 2 fully saturated rings. The zero-order valence-electron chi connectivity index (χ0n) is 13.0. The van der Waals surface area contributed by atoms with Crippen LogP contribution in [0.1, 0.15) is 12.8 Å². The zero-order chi connectivity index (χ0) is 17.3. The van der Waals surface area contributed by atoms with E-state index in [0.29, 0.717) is 13.1 Å². The molecule has 24 heavy (non-hydrogen) atoms. The van der Waals surface area contributed by atoms with E-state index in [0.717, 1.165) is 19.4 Å². The molecule has 6 nitrogen and oxygen atoms in total. The second-order valence-corrected chi connectivity index (χ2v) is 8.62. The molecule has 9 heteroatoms. The van der Waals surface area contributed by atoms with E-state index in [1.54, 1.807) is 17.0 Å². The first-order valence-electron chi connectivity index (χ1n) is 7.87. The van der Waals surface area contributed by atoms with Crippen LogP contribution in [0, 0.1) is 0 Å². The van der Waals surface area contributed by atoms with Crippen LogP contribution in [0.5, 0.6) is 0 Å². The van der Waals surface area contributed by atoms with Crippen LogP contribution in [-0.4, -0.2) is 62.3 Å². The van der Waals surface area contributed by atoms with Crippen LogP contribution in [0.3, 0.4) is 0 Å². The smallest absolute Gasteiger partial charge is 0.244 e. The summed E-state index contributed by atoms with van der Waals surface area (Å²) in [6.45, 7) is 2.13. The Hall–Kier alpha value is -0.860. The molecule has 2 aliphatic heterocycles. The van der Waals surface area contributed by atoms with E-state index in [4.69, 9.17) is 23.2 Å². The number of carbonyl (C=O) groups is 1. The van der Waals surface area contributed by atoms with Crippen molar-refractivity contribution in [3.63, 3.8) is 0 Å². The third-order valence-electron chi connectivity index (χ3n) is 4.44. The summed E-state index contributed by atoms with van der Waals surface area (Å²) in [4.78, 5) is 14.1. The Bertz CT molecular complexity index is 727. The molecule has 3 rings (SSSR count). The number of rotatable bonds is 3. The van der Waals surface area contributed by atoms with Gasteiger partial charge in [-0.25, -0.2) is 8.42 Å². The molecule has 0 aromatic heterocycles. The molecule has 1 atom stereocenters. The highest BCUT2D eigenvalue weighted by Crippen LogP contribution is 2.31. The number of carbonyl (C=O) groups excluding carboxylic acids is 1. The van der Waals surface area contributed by atoms with Crippen LogP contribution in [0.4, 0.5) is 0 Å². The number of hydrogen-bond acceptors (Lipinski definition) is 4. The monoisotopic (exact) mass is 391 g/mol. The number of halogens is 2. The molecule has 0 radical (unpaired) electrons. The Morgan fingerprint density at radius 3 is 2.50 bits per heavy atom. The number of piperazine rings is 1. The summed E-state index contributed by atoms with van der Waals surface area (Å²) in [7, 11) is -3.72. The SMILES string of the molecule is O=C(C1CCCN1)N1CCN(S(=O)(=O)c2cccc(Cl)c2Cl)CC1. The van der Waals surface area contributed by atoms with Crippen molar-refractivity contribution < 1.29 is 13.2 Å². The molecular weight excluding hydrogens is 373 g/mol. The lowest BCUT2D eigenvalue weighted by Crippen LogP contribution is -2.54. The second kappa shape index (κ2) is 7.17. The molecule has 1 N–H and O–H groups in total. The van der Waals surface area contributed by atoms with Crippen molar-refractivity contribution in [2.24, 2.45) is 0 Å². The highest BCUT2D eigenvalue weighted by atomic mass is 35.5. The van der Waals surface area contributed by atoms with Gasteiger partial charge < -0.3 is 10.2 Å². The van der Waals surface area contributed by atoms with Gasteiger partial charge >= 0.3 is 0 Å². The van der Waals surface area contributed by atoms with E-state index in [1.165, 1.54) is 10.4 Å². The average molecular weight is 392 g/mol. The van der Waals surface area contributed by atoms with E-state index in [1.807, 2.05) is 0 Å². The van der Waals surface area contributed by atoms with Gasteiger partial charge in [-0.05, 0) is 31.5 Å². The van der Waals surface area contributed by atoms with Crippen LogP contribution in [0.25, 0.3) is 0 Å². The fraction of sp³-hybridized carbons (Fsp3) is 0.533. The first-order chi connectivity index (χ1) is 11.4. The van der Waals surface area contributed by atoms with Crippen LogP contribution < -0.4 is 5.32 Å². The van der Waals surface area contributed by atoms with Gasteiger partial charge in [-0.1, -0.05) is 29.3 Å². The summed E-state index contributed by atoms with van der Waals surface area (Å²) >= 11 is 12.0. The standard InChI is InChI=1S/C15H19Cl2N3O3S/c16-11-3-1-5-13(14(11)17)24(22,23)20-9-7-19(8-10-20)15(21)12-4-2-6-18-12/h1,3,5,12,18H,2,4,6-10H2. The molecule has 2 aliphatic rings. The zero-order valence-corrected chi connectivity index (χ0v) is 15.4. The molecule has 1 amide bonds. The Morgan fingerprint density at radius 2 is 1.88 bits per heavy atom. The number of amides is 1. The van der Waals surface area contributed by atoms with Gasteiger partial charge in [0.1, 0.15) is 4.90 Å². The van der Waals surface area contributed by atoms with Gasteiger partial charge in [0, 0.05) is 26.2 Å². The molecule has 0 aliphatic carbocycles. The van der Waals surface area contributed by atoms with Gasteiger partial charge in [0.25, 0.3) is 0 Å². The minimum absolute atomic E-state index is 0.00824. The first-order valence-corrected chi connectivity index (χ1v) is 10.1. The molecular formula is C15H19Cl2N3O3S. The van der Waals surface area contributed by atoms with Crippen molar-refractivity contribution in [3.05, 3.63) is 28.2 Å². The predicted molar refractivity (Wildman–Crippen MR) is 92.8 cm³/mol. The lowest BCUT2D eigenvalue weighted by molar-refractivity contribution is -0.134. The fourth-order valence-electron chi connectivity index (χ4n) is 3.09. The number of nitrogens with one attached hydrogen (secondary N) is 1. The van der Waals surface area contributed by atoms with Crippen molar-refractivity contribution >= 4 is 39.1 Å². The number of nitrogens with zero attached hydrogens (tertiary/aromatic N) is 2. The number of hydrogen-bond donors (Lipinski definition) is 1. The van der Waals surface area contributed by atoms with Gasteiger partial charge in [-0.2, -0.15) is 4.31 Å². The van der Waals surface area contributed by atoms with Crippen molar-refractivity contribution in [2.45, 2.75) is 23.8 Å². The minimum atomic E-state index is -3.72. The minimum Gasteiger partial charge on any atom is -0.339 e. The number of sulfonamides is 1. The van der Waals surface area contributed by atoms with Crippen molar-refractivity contribution in [2.75, 3.05) is 32.7 Å². The summed E-state index contributed by atoms with van der Waals surface area (Å²) in [5.41, 5.74) is 0. The van der Waals surface area contributed by atoms with E-state index >= 15 is 0 Å². The molecule has 1 aromatic carbocycles. The van der Waals surface area contributed by atoms with Gasteiger partial charge in [-0.15, -0.1) is 0 Å². The van der Waals surface area contributed by atoms with Gasteiger partial charge in [0.05, 0.1) is 16.1 Å². The van der Waals surface area contributed by atoms with Gasteiger partial charge in [-0.3, -0.25) is 4.79 Å². The molecule has 132 valence electrons. The van der Waals surface area contributed by atoms with Crippen LogP contribution in [-0.2, 0) is 14.8 Å². The third kappa shape index (κ3) is 3.41. The molecule has 1 unspecified atom stereocenters. The lowest BCUT2D eigenvalue weighted by atomic mass is 10.2. The fourth-order valence-corrected chi connectivity index (χ4v) is 5.25. The highest BCUT2D eigenvalue weighted by Gasteiger charge is 2.34. The van der Waals surface area contributed by atoms with Crippen LogP contribution in [0.15, 0.2) is 23.1 Å². The largest absolute Gasteiger partial charge is 0.339 e. The molecule has 1 aromatic rings. The third-order valence-corrected chi connectivity index (χ3v) is 7.31. The topological polar surface area (TPSA) is 69.7 Å². The summed E-state index contributed by atoms with van der Waals surface area (Å²) in [5.74, 6) is 0.0605. The maximum absolute atomic E-state index is 12.8. The van der Waals surface area contributed by atoms with Gasteiger partial charge in [0.15, 0.2) is 0 Å². The Kier molecular flexibility index (Phi) is 5.36. The van der Waals surface area contributed by atoms with Crippen molar-refractivity contribution in [1.82, 2.24) is 14.5 Å². The number of benzene rings is 1. The van der Waals surface area contributed by atoms with E-state index in [2.05, 4.69) is 5.32 Å². The highest BCUT2D eigenvalue weighted by molar-refractivity contribution is 7.89. The van der Waals surface area contributed by atoms with E-state index < -0.39 is 10.0 Å². The normalized spacial score (nSPS) is 22.8.